The van der Waals surface area contributed by atoms with Crippen LogP contribution in [0.2, 0.25) is 0 Å². The lowest BCUT2D eigenvalue weighted by molar-refractivity contribution is 0.140. The Morgan fingerprint density at radius 2 is 2.25 bits per heavy atom. The first-order chi connectivity index (χ1) is 5.74. The molecule has 0 aliphatic carbocycles. The molecule has 1 aromatic rings. The highest BCUT2D eigenvalue weighted by Gasteiger charge is 2.09. The Balaban J connectivity index is 2.81. The predicted octanol–water partition coefficient (Wildman–Crippen LogP) is 2.37. The first-order valence-corrected chi connectivity index (χ1v) is 3.84. The molecule has 0 aliphatic rings. The van der Waals surface area contributed by atoms with Gasteiger partial charge in [0.25, 0.3) is 6.43 Å². The van der Waals surface area contributed by atoms with Crippen molar-refractivity contribution in [2.24, 2.45) is 0 Å². The Morgan fingerprint density at radius 1 is 1.50 bits per heavy atom. The minimum atomic E-state index is -2.57. The lowest BCUT2D eigenvalue weighted by atomic mass is 10.2. The molecule has 0 atom stereocenters. The third-order valence-electron chi connectivity index (χ3n) is 1.43. The van der Waals surface area contributed by atoms with Crippen molar-refractivity contribution in [3.63, 3.8) is 0 Å². The molecule has 0 aliphatic heterocycles. The Kier molecular flexibility index (Phi) is 3.08. The zero-order valence-electron chi connectivity index (χ0n) is 6.80. The molecule has 0 saturated carbocycles. The van der Waals surface area contributed by atoms with Gasteiger partial charge in [-0.25, -0.2) is 18.7 Å². The van der Waals surface area contributed by atoms with Gasteiger partial charge in [0, 0.05) is 11.9 Å². The Morgan fingerprint density at radius 3 is 2.83 bits per heavy atom. The van der Waals surface area contributed by atoms with Crippen molar-refractivity contribution >= 4 is 0 Å². The fourth-order valence-electron chi connectivity index (χ4n) is 0.913. The van der Waals surface area contributed by atoms with Gasteiger partial charge >= 0.3 is 0 Å². The van der Waals surface area contributed by atoms with E-state index in [9.17, 15) is 8.78 Å². The normalized spacial score (nSPS) is 10.7. The largest absolute Gasteiger partial charge is 0.297 e. The molecule has 0 saturated heterocycles. The zero-order valence-corrected chi connectivity index (χ0v) is 6.80. The average molecular weight is 172 g/mol. The van der Waals surface area contributed by atoms with Crippen LogP contribution in [0.15, 0.2) is 12.3 Å². The number of aryl methyl sites for hydroxylation is 1. The van der Waals surface area contributed by atoms with Crippen molar-refractivity contribution in [1.82, 2.24) is 9.97 Å². The van der Waals surface area contributed by atoms with Gasteiger partial charge < -0.3 is 0 Å². The number of halogens is 2. The topological polar surface area (TPSA) is 25.8 Å². The summed E-state index contributed by atoms with van der Waals surface area (Å²) in [6.45, 7) is 1.98. The fraction of sp³-hybridized carbons (Fsp3) is 0.500. The summed E-state index contributed by atoms with van der Waals surface area (Å²) in [4.78, 5) is 7.16. The third kappa shape index (κ3) is 2.22. The summed E-state index contributed by atoms with van der Waals surface area (Å²) < 4.78 is 24.1. The second-order valence-electron chi connectivity index (χ2n) is 2.46. The summed E-state index contributed by atoms with van der Waals surface area (Å²) in [6, 6.07) is 1.66. The minimum absolute atomic E-state index is 0.374. The SMILES string of the molecule is CCCc1ccnc(C(F)F)n1. The number of hydrogen-bond donors (Lipinski definition) is 0. The smallest absolute Gasteiger partial charge is 0.236 e. The van der Waals surface area contributed by atoms with E-state index in [0.717, 1.165) is 12.8 Å². The van der Waals surface area contributed by atoms with Crippen LogP contribution in [0.3, 0.4) is 0 Å². The maximum absolute atomic E-state index is 12.1. The van der Waals surface area contributed by atoms with E-state index in [1.165, 1.54) is 6.20 Å². The van der Waals surface area contributed by atoms with Crippen LogP contribution in [0.5, 0.6) is 0 Å². The van der Waals surface area contributed by atoms with Gasteiger partial charge in [-0.2, -0.15) is 0 Å². The van der Waals surface area contributed by atoms with Gasteiger partial charge in [0.15, 0.2) is 5.82 Å². The molecule has 1 aromatic heterocycles. The lowest BCUT2D eigenvalue weighted by Gasteiger charge is -2.00. The molecular formula is C8H10F2N2. The standard InChI is InChI=1S/C8H10F2N2/c1-2-3-6-4-5-11-8(12-6)7(9)10/h4-5,7H,2-3H2,1H3. The number of hydrogen-bond acceptors (Lipinski definition) is 2. The fourth-order valence-corrected chi connectivity index (χ4v) is 0.913. The second kappa shape index (κ2) is 4.09. The summed E-state index contributed by atoms with van der Waals surface area (Å²) in [5.74, 6) is -0.374. The van der Waals surface area contributed by atoms with Crippen LogP contribution in [0.4, 0.5) is 8.78 Å². The Hall–Kier alpha value is -1.06. The zero-order chi connectivity index (χ0) is 8.97. The number of rotatable bonds is 3. The van der Waals surface area contributed by atoms with E-state index < -0.39 is 6.43 Å². The Bertz CT molecular complexity index is 251. The van der Waals surface area contributed by atoms with Crippen molar-refractivity contribution in [3.05, 3.63) is 23.8 Å². The summed E-state index contributed by atoms with van der Waals surface area (Å²) in [5, 5.41) is 0. The predicted molar refractivity (Wildman–Crippen MR) is 41.0 cm³/mol. The Labute approximate surface area is 69.7 Å². The number of alkyl halides is 2. The molecule has 1 rings (SSSR count). The highest BCUT2D eigenvalue weighted by atomic mass is 19.3. The number of aromatic nitrogens is 2. The van der Waals surface area contributed by atoms with Crippen LogP contribution in [0, 0.1) is 0 Å². The average Bonchev–Trinajstić information content (AvgIpc) is 2.05. The number of nitrogens with zero attached hydrogens (tertiary/aromatic N) is 2. The molecule has 4 heteroatoms. The van der Waals surface area contributed by atoms with Crippen LogP contribution >= 0.6 is 0 Å². The molecule has 12 heavy (non-hydrogen) atoms. The van der Waals surface area contributed by atoms with Crippen molar-refractivity contribution in [2.45, 2.75) is 26.2 Å². The van der Waals surface area contributed by atoms with Gasteiger partial charge in [0.05, 0.1) is 0 Å². The molecule has 0 N–H and O–H groups in total. The highest BCUT2D eigenvalue weighted by Crippen LogP contribution is 2.13. The quantitative estimate of drug-likeness (QED) is 0.699. The first-order valence-electron chi connectivity index (χ1n) is 3.84. The van der Waals surface area contributed by atoms with Gasteiger partial charge in [-0.05, 0) is 12.5 Å². The van der Waals surface area contributed by atoms with E-state index in [0.29, 0.717) is 5.69 Å². The maximum Gasteiger partial charge on any atom is 0.297 e. The van der Waals surface area contributed by atoms with Crippen LogP contribution in [0.25, 0.3) is 0 Å². The molecule has 0 bridgehead atoms. The van der Waals surface area contributed by atoms with E-state index in [2.05, 4.69) is 9.97 Å². The molecule has 0 spiro atoms. The van der Waals surface area contributed by atoms with Gasteiger partial charge in [-0.15, -0.1) is 0 Å². The summed E-state index contributed by atoms with van der Waals surface area (Å²) >= 11 is 0. The highest BCUT2D eigenvalue weighted by molar-refractivity contribution is 5.02. The van der Waals surface area contributed by atoms with Gasteiger partial charge in [0.2, 0.25) is 0 Å². The monoisotopic (exact) mass is 172 g/mol. The molecule has 1 heterocycles. The molecule has 0 aromatic carbocycles. The van der Waals surface area contributed by atoms with Crippen molar-refractivity contribution in [3.8, 4) is 0 Å². The van der Waals surface area contributed by atoms with Crippen LogP contribution in [0.1, 0.15) is 31.3 Å². The molecule has 0 unspecified atom stereocenters. The van der Waals surface area contributed by atoms with E-state index >= 15 is 0 Å². The van der Waals surface area contributed by atoms with Gasteiger partial charge in [0.1, 0.15) is 0 Å². The lowest BCUT2D eigenvalue weighted by Crippen LogP contribution is -1.98. The van der Waals surface area contributed by atoms with E-state index in [-0.39, 0.29) is 5.82 Å². The molecule has 0 radical (unpaired) electrons. The van der Waals surface area contributed by atoms with Crippen molar-refractivity contribution < 1.29 is 8.78 Å². The molecule has 66 valence electrons. The molecule has 0 amide bonds. The van der Waals surface area contributed by atoms with E-state index in [4.69, 9.17) is 0 Å². The van der Waals surface area contributed by atoms with Crippen LogP contribution in [-0.2, 0) is 6.42 Å². The maximum atomic E-state index is 12.1. The van der Waals surface area contributed by atoms with E-state index in [1.54, 1.807) is 6.07 Å². The first kappa shape index (κ1) is 9.03. The minimum Gasteiger partial charge on any atom is -0.236 e. The second-order valence-corrected chi connectivity index (χ2v) is 2.46. The van der Waals surface area contributed by atoms with E-state index in [1.807, 2.05) is 6.92 Å². The summed E-state index contributed by atoms with van der Waals surface area (Å²) in [7, 11) is 0. The molecule has 2 nitrogen and oxygen atoms in total. The summed E-state index contributed by atoms with van der Waals surface area (Å²) in [5.41, 5.74) is 0.683. The third-order valence-corrected chi connectivity index (χ3v) is 1.43. The van der Waals surface area contributed by atoms with Crippen molar-refractivity contribution in [1.29, 1.82) is 0 Å². The van der Waals surface area contributed by atoms with Crippen LogP contribution < -0.4 is 0 Å². The van der Waals surface area contributed by atoms with Gasteiger partial charge in [-0.3, -0.25) is 0 Å². The summed E-state index contributed by atoms with van der Waals surface area (Å²) in [6.07, 6.45) is 0.434. The van der Waals surface area contributed by atoms with Gasteiger partial charge in [-0.1, -0.05) is 13.3 Å². The van der Waals surface area contributed by atoms with Crippen LogP contribution in [-0.4, -0.2) is 9.97 Å². The molecule has 0 fully saturated rings. The van der Waals surface area contributed by atoms with Crippen molar-refractivity contribution in [2.75, 3.05) is 0 Å². The molecular weight excluding hydrogens is 162 g/mol.